The van der Waals surface area contributed by atoms with Gasteiger partial charge in [0.15, 0.2) is 5.78 Å². The first-order valence-electron chi connectivity index (χ1n) is 12.6. The van der Waals surface area contributed by atoms with Gasteiger partial charge < -0.3 is 51.1 Å². The molecule has 0 aliphatic rings. The van der Waals surface area contributed by atoms with Crippen molar-refractivity contribution in [3.8, 4) is 11.5 Å². The summed E-state index contributed by atoms with van der Waals surface area (Å²) in [5, 5.41) is 96.5. The number of fused-ring (bicyclic) bond motifs is 1. The fourth-order valence-electron chi connectivity index (χ4n) is 4.99. The van der Waals surface area contributed by atoms with Crippen LogP contribution in [0, 0.1) is 11.8 Å². The lowest BCUT2D eigenvalue weighted by molar-refractivity contribution is -0.152. The quantitative estimate of drug-likeness (QED) is 0.107. The van der Waals surface area contributed by atoms with Gasteiger partial charge in [-0.3, -0.25) is 14.4 Å². The maximum atomic E-state index is 13.3. The number of carbonyl (C=O) groups excluding carboxylic acids is 2. The first-order chi connectivity index (χ1) is 20.8. The molecule has 0 saturated heterocycles. The molecule has 45 heavy (non-hydrogen) atoms. The monoisotopic (exact) mass is 638 g/mol. The molecule has 0 aliphatic heterocycles. The van der Waals surface area contributed by atoms with Gasteiger partial charge in [-0.2, -0.15) is 0 Å². The van der Waals surface area contributed by atoms with Gasteiger partial charge in [-0.05, 0) is 23.5 Å². The molecule has 0 aliphatic carbocycles. The summed E-state index contributed by atoms with van der Waals surface area (Å²) in [6, 6.07) is 0. The van der Waals surface area contributed by atoms with Crippen LogP contribution in [0.2, 0.25) is 0 Å². The Bertz CT molecular complexity index is 1650. The molecule has 0 aromatic heterocycles. The lowest BCUT2D eigenvalue weighted by atomic mass is 9.80. The minimum absolute atomic E-state index is 0.650. The molecule has 2 aromatic carbocycles. The van der Waals surface area contributed by atoms with E-state index in [9.17, 15) is 79.2 Å². The van der Waals surface area contributed by atoms with Gasteiger partial charge in [-0.15, -0.1) is 0 Å². The smallest absolute Gasteiger partial charge is 0.340 e. The summed E-state index contributed by atoms with van der Waals surface area (Å²) < 4.78 is 0. The number of phenols is 2. The van der Waals surface area contributed by atoms with Crippen molar-refractivity contribution in [3.63, 3.8) is 0 Å². The molecule has 0 amide bonds. The van der Waals surface area contributed by atoms with Crippen molar-refractivity contribution >= 4 is 58.2 Å². The van der Waals surface area contributed by atoms with Crippen molar-refractivity contribution < 1.29 is 89.4 Å². The average molecular weight is 638 g/mol. The SMILES string of the molecule is CC(CC(=O)O)C(CO)C(=O)Cc1c(CCC(=O)C(O)C(=O)O)c(O)c2c(C(=O)O)c(C(=O)O)c(C(=O)O)c(O)c2c1C(=O)O. The lowest BCUT2D eigenvalue weighted by Crippen LogP contribution is -2.30. The number of aromatic hydroxyl groups is 2. The van der Waals surface area contributed by atoms with E-state index in [4.69, 9.17) is 10.2 Å². The van der Waals surface area contributed by atoms with Crippen LogP contribution in [0.4, 0.5) is 0 Å². The Kier molecular flexibility index (Phi) is 10.9. The molecule has 0 radical (unpaired) electrons. The summed E-state index contributed by atoms with van der Waals surface area (Å²) in [5.41, 5.74) is -7.50. The Labute approximate surface area is 250 Å². The normalized spacial score (nSPS) is 13.0. The molecule has 18 heteroatoms. The standard InChI is InChI=1S/C27H26O18/c1-7(4-13(31)32)10(6-28)12(30)5-9-8(2-3-11(29)21(34)27(44)45)20(33)16-15(14(9)23(36)37)22(35)19(26(42)43)18(25(40)41)17(16)24(38)39/h7,10,21,28,33-35H,2-6H2,1H3,(H,31,32)(H,36,37)(H,38,39)(H,40,41)(H,42,43)(H,44,45). The topological polar surface area (TPSA) is 339 Å². The maximum absolute atomic E-state index is 13.3. The number of hydrogen-bond donors (Lipinski definition) is 10. The van der Waals surface area contributed by atoms with E-state index in [1.807, 2.05) is 0 Å². The second-order valence-corrected chi connectivity index (χ2v) is 9.84. The number of aliphatic hydroxyl groups is 2. The van der Waals surface area contributed by atoms with Gasteiger partial charge in [0.2, 0.25) is 6.10 Å². The molecule has 3 unspecified atom stereocenters. The van der Waals surface area contributed by atoms with Gasteiger partial charge in [0.1, 0.15) is 22.8 Å². The molecule has 0 spiro atoms. The molecule has 242 valence electrons. The highest BCUT2D eigenvalue weighted by atomic mass is 16.4. The van der Waals surface area contributed by atoms with E-state index in [0.717, 1.165) is 0 Å². The highest BCUT2D eigenvalue weighted by Crippen LogP contribution is 2.46. The second kappa shape index (κ2) is 13.8. The predicted molar refractivity (Wildman–Crippen MR) is 143 cm³/mol. The summed E-state index contributed by atoms with van der Waals surface area (Å²) in [7, 11) is 0. The lowest BCUT2D eigenvalue weighted by Gasteiger charge is -2.24. The van der Waals surface area contributed by atoms with Crippen LogP contribution in [-0.4, -0.2) is 111 Å². The molecular formula is C27H26O18. The van der Waals surface area contributed by atoms with Crippen LogP contribution in [0.3, 0.4) is 0 Å². The van der Waals surface area contributed by atoms with Crippen LogP contribution in [0.15, 0.2) is 0 Å². The summed E-state index contributed by atoms with van der Waals surface area (Å²) >= 11 is 0. The van der Waals surface area contributed by atoms with Crippen molar-refractivity contribution in [3.05, 3.63) is 33.4 Å². The van der Waals surface area contributed by atoms with E-state index in [0.29, 0.717) is 0 Å². The third kappa shape index (κ3) is 6.97. The van der Waals surface area contributed by atoms with Gasteiger partial charge in [0, 0.05) is 36.0 Å². The van der Waals surface area contributed by atoms with Crippen molar-refractivity contribution in [2.45, 2.75) is 38.7 Å². The zero-order valence-electron chi connectivity index (χ0n) is 23.0. The maximum Gasteiger partial charge on any atom is 0.340 e. The van der Waals surface area contributed by atoms with Gasteiger partial charge >= 0.3 is 35.8 Å². The van der Waals surface area contributed by atoms with Crippen LogP contribution in [-0.2, 0) is 32.0 Å². The van der Waals surface area contributed by atoms with E-state index < -0.39 is 153 Å². The number of carboxylic acid groups (broad SMARTS) is 6. The number of aliphatic carboxylic acids is 2. The Balaban J connectivity index is 3.19. The zero-order valence-corrected chi connectivity index (χ0v) is 23.0. The number of aromatic carboxylic acids is 4. The molecule has 18 nitrogen and oxygen atoms in total. The van der Waals surface area contributed by atoms with Gasteiger partial charge in [0.25, 0.3) is 0 Å². The van der Waals surface area contributed by atoms with Gasteiger partial charge in [0.05, 0.1) is 23.3 Å². The van der Waals surface area contributed by atoms with E-state index in [-0.39, 0.29) is 0 Å². The summed E-state index contributed by atoms with van der Waals surface area (Å²) in [4.78, 5) is 96.7. The number of Topliss-reactive ketones (excluding diaryl/α,β-unsaturated/α-hetero) is 2. The highest BCUT2D eigenvalue weighted by Gasteiger charge is 2.38. The van der Waals surface area contributed by atoms with E-state index >= 15 is 0 Å². The fourth-order valence-corrected chi connectivity index (χ4v) is 4.99. The van der Waals surface area contributed by atoms with Crippen LogP contribution in [0.5, 0.6) is 11.5 Å². The molecule has 0 bridgehead atoms. The zero-order chi connectivity index (χ0) is 34.7. The molecular weight excluding hydrogens is 612 g/mol. The third-order valence-corrected chi connectivity index (χ3v) is 7.07. The molecule has 10 N–H and O–H groups in total. The Morgan fingerprint density at radius 1 is 0.644 bits per heavy atom. The molecule has 3 atom stereocenters. The number of aliphatic hydroxyl groups excluding tert-OH is 2. The second-order valence-electron chi connectivity index (χ2n) is 9.84. The van der Waals surface area contributed by atoms with Crippen molar-refractivity contribution in [1.29, 1.82) is 0 Å². The number of hydrogen-bond acceptors (Lipinski definition) is 12. The summed E-state index contributed by atoms with van der Waals surface area (Å²) in [5.74, 6) is -20.2. The Hall–Kier alpha value is -5.62. The largest absolute Gasteiger partial charge is 0.507 e. The van der Waals surface area contributed by atoms with Gasteiger partial charge in [-0.1, -0.05) is 6.92 Å². The van der Waals surface area contributed by atoms with Crippen LogP contribution in [0.1, 0.15) is 72.3 Å². The summed E-state index contributed by atoms with van der Waals surface area (Å²) in [6.07, 6.45) is -6.31. The molecule has 0 heterocycles. The predicted octanol–water partition coefficient (Wildman–Crippen LogP) is -0.178. The van der Waals surface area contributed by atoms with Crippen molar-refractivity contribution in [1.82, 2.24) is 0 Å². The van der Waals surface area contributed by atoms with Crippen LogP contribution < -0.4 is 0 Å². The number of phenolic OH excluding ortho intramolecular Hbond substituents is 1. The first-order valence-corrected chi connectivity index (χ1v) is 12.6. The minimum atomic E-state index is -2.61. The van der Waals surface area contributed by atoms with Gasteiger partial charge in [-0.25, -0.2) is 24.0 Å². The minimum Gasteiger partial charge on any atom is -0.507 e. The van der Waals surface area contributed by atoms with Crippen LogP contribution >= 0.6 is 0 Å². The Morgan fingerprint density at radius 2 is 1.13 bits per heavy atom. The van der Waals surface area contributed by atoms with E-state index in [2.05, 4.69) is 0 Å². The van der Waals surface area contributed by atoms with E-state index in [1.165, 1.54) is 6.92 Å². The number of carbonyl (C=O) groups is 8. The Morgan fingerprint density at radius 3 is 1.56 bits per heavy atom. The van der Waals surface area contributed by atoms with Crippen LogP contribution in [0.25, 0.3) is 10.8 Å². The highest BCUT2D eigenvalue weighted by molar-refractivity contribution is 6.24. The first kappa shape index (κ1) is 35.6. The number of rotatable bonds is 16. The number of benzene rings is 2. The third-order valence-electron chi connectivity index (χ3n) is 7.07. The molecule has 0 saturated carbocycles. The number of carboxylic acids is 6. The molecule has 2 aromatic rings. The van der Waals surface area contributed by atoms with Crippen molar-refractivity contribution in [2.24, 2.45) is 11.8 Å². The number of ketones is 2. The van der Waals surface area contributed by atoms with E-state index in [1.54, 1.807) is 0 Å². The average Bonchev–Trinajstić information content (AvgIpc) is 2.91. The fraction of sp³-hybridized carbons (Fsp3) is 0.333. The van der Waals surface area contributed by atoms with Crippen molar-refractivity contribution in [2.75, 3.05) is 6.61 Å². The molecule has 0 fully saturated rings. The molecule has 2 rings (SSSR count). The summed E-state index contributed by atoms with van der Waals surface area (Å²) in [6.45, 7) is 0.292.